The molecule has 0 saturated heterocycles. The highest BCUT2D eigenvalue weighted by molar-refractivity contribution is 5.83. The van der Waals surface area contributed by atoms with Crippen LogP contribution in [0.4, 0.5) is 13.2 Å². The Morgan fingerprint density at radius 3 is 2.10 bits per heavy atom. The number of hydrogen-bond acceptors (Lipinski definition) is 3. The predicted octanol–water partition coefficient (Wildman–Crippen LogP) is 5.13. The van der Waals surface area contributed by atoms with Crippen LogP contribution < -0.4 is 0 Å². The largest absolute Gasteiger partial charge is 0.481 e. The predicted molar refractivity (Wildman–Crippen MR) is 100 cm³/mol. The molecule has 2 aromatic carbocycles. The van der Waals surface area contributed by atoms with Gasteiger partial charge in [-0.15, -0.1) is 0 Å². The Bertz CT molecular complexity index is 1050. The van der Waals surface area contributed by atoms with E-state index in [4.69, 9.17) is 0 Å². The summed E-state index contributed by atoms with van der Waals surface area (Å²) in [7, 11) is 0. The monoisotopic (exact) mass is 398 g/mol. The van der Waals surface area contributed by atoms with Crippen molar-refractivity contribution in [3.63, 3.8) is 0 Å². The van der Waals surface area contributed by atoms with Crippen molar-refractivity contribution < 1.29 is 23.1 Å². The summed E-state index contributed by atoms with van der Waals surface area (Å²) in [6.07, 6.45) is -3.47. The molecular formula is C22H17F3N2O2. The zero-order valence-electron chi connectivity index (χ0n) is 15.4. The van der Waals surface area contributed by atoms with E-state index in [2.05, 4.69) is 9.97 Å². The summed E-state index contributed by atoms with van der Waals surface area (Å²) in [5.74, 6) is -1.29. The Morgan fingerprint density at radius 1 is 0.966 bits per heavy atom. The van der Waals surface area contributed by atoms with E-state index in [0.29, 0.717) is 5.56 Å². The summed E-state index contributed by atoms with van der Waals surface area (Å²) in [5.41, 5.74) is 0.271. The maximum absolute atomic E-state index is 12.9. The molecule has 3 atom stereocenters. The van der Waals surface area contributed by atoms with E-state index in [-0.39, 0.29) is 17.7 Å². The van der Waals surface area contributed by atoms with Crippen LogP contribution in [0.15, 0.2) is 66.9 Å². The van der Waals surface area contributed by atoms with Gasteiger partial charge in [0.2, 0.25) is 0 Å². The van der Waals surface area contributed by atoms with Crippen LogP contribution in [0.25, 0.3) is 11.4 Å². The standard InChI is InChI=1S/C22H17F3N2O2/c1-21(20(28)29)17(13-5-3-2-4-6-13)18(21)14-7-9-15(10-8-14)19-26-12-11-16(27-19)22(23,24)25/h2-12,17-18H,1H3,(H,28,29). The number of nitrogens with zero attached hydrogens (tertiary/aromatic N) is 2. The Balaban J connectivity index is 1.65. The fourth-order valence-corrected chi connectivity index (χ4v) is 4.01. The van der Waals surface area contributed by atoms with Crippen molar-refractivity contribution >= 4 is 5.97 Å². The number of carboxylic acids is 1. The van der Waals surface area contributed by atoms with Gasteiger partial charge in [-0.05, 0) is 24.1 Å². The van der Waals surface area contributed by atoms with E-state index in [9.17, 15) is 23.1 Å². The highest BCUT2D eigenvalue weighted by atomic mass is 19.4. The molecule has 7 heteroatoms. The van der Waals surface area contributed by atoms with Gasteiger partial charge in [-0.2, -0.15) is 13.2 Å². The van der Waals surface area contributed by atoms with Crippen molar-refractivity contribution in [3.05, 3.63) is 83.7 Å². The van der Waals surface area contributed by atoms with Crippen LogP contribution in [0.3, 0.4) is 0 Å². The van der Waals surface area contributed by atoms with Gasteiger partial charge in [0.05, 0.1) is 5.41 Å². The molecule has 4 nitrogen and oxygen atoms in total. The number of alkyl halides is 3. The molecule has 0 radical (unpaired) electrons. The topological polar surface area (TPSA) is 63.1 Å². The molecule has 0 spiro atoms. The number of carbonyl (C=O) groups is 1. The SMILES string of the molecule is CC1(C(=O)O)C(c2ccccc2)C1c1ccc(-c2nccc(C(F)(F)F)n2)cc1. The van der Waals surface area contributed by atoms with Crippen molar-refractivity contribution in [1.82, 2.24) is 9.97 Å². The lowest BCUT2D eigenvalue weighted by Gasteiger charge is -2.08. The minimum absolute atomic E-state index is 0.0252. The number of halogens is 3. The van der Waals surface area contributed by atoms with Crippen LogP contribution >= 0.6 is 0 Å². The third-order valence-electron chi connectivity index (χ3n) is 5.61. The highest BCUT2D eigenvalue weighted by Crippen LogP contribution is 2.70. The van der Waals surface area contributed by atoms with Gasteiger partial charge in [0.15, 0.2) is 5.82 Å². The average molecular weight is 398 g/mol. The minimum atomic E-state index is -4.54. The molecule has 1 aromatic heterocycles. The molecule has 0 aliphatic heterocycles. The second-order valence-corrected chi connectivity index (χ2v) is 7.34. The molecular weight excluding hydrogens is 381 g/mol. The van der Waals surface area contributed by atoms with E-state index in [1.165, 1.54) is 0 Å². The van der Waals surface area contributed by atoms with Gasteiger partial charge < -0.3 is 5.11 Å². The van der Waals surface area contributed by atoms with Gasteiger partial charge in [0.1, 0.15) is 5.69 Å². The lowest BCUT2D eigenvalue weighted by atomic mass is 10.00. The van der Waals surface area contributed by atoms with Crippen molar-refractivity contribution in [3.8, 4) is 11.4 Å². The molecule has 3 unspecified atom stereocenters. The molecule has 4 rings (SSSR count). The molecule has 1 saturated carbocycles. The van der Waals surface area contributed by atoms with Gasteiger partial charge >= 0.3 is 12.1 Å². The third-order valence-corrected chi connectivity index (χ3v) is 5.61. The first-order valence-corrected chi connectivity index (χ1v) is 9.02. The minimum Gasteiger partial charge on any atom is -0.481 e. The molecule has 0 bridgehead atoms. The number of rotatable bonds is 4. The molecule has 1 heterocycles. The molecule has 3 aromatic rings. The van der Waals surface area contributed by atoms with Gasteiger partial charge in [0.25, 0.3) is 0 Å². The van der Waals surface area contributed by atoms with Crippen LogP contribution in [-0.2, 0) is 11.0 Å². The average Bonchev–Trinajstić information content (AvgIpc) is 3.35. The highest BCUT2D eigenvalue weighted by Gasteiger charge is 2.67. The smallest absolute Gasteiger partial charge is 0.433 e. The van der Waals surface area contributed by atoms with Crippen LogP contribution in [0.5, 0.6) is 0 Å². The van der Waals surface area contributed by atoms with Gasteiger partial charge in [0, 0.05) is 23.6 Å². The van der Waals surface area contributed by atoms with Gasteiger partial charge in [-0.3, -0.25) is 4.79 Å². The number of aromatic nitrogens is 2. The van der Waals surface area contributed by atoms with Crippen molar-refractivity contribution in [2.24, 2.45) is 5.41 Å². The van der Waals surface area contributed by atoms with Crippen LogP contribution in [0, 0.1) is 5.41 Å². The van der Waals surface area contributed by atoms with E-state index < -0.39 is 23.3 Å². The maximum atomic E-state index is 12.9. The Hall–Kier alpha value is -3.22. The number of benzene rings is 2. The van der Waals surface area contributed by atoms with Crippen molar-refractivity contribution in [2.75, 3.05) is 0 Å². The van der Waals surface area contributed by atoms with Gasteiger partial charge in [-0.1, -0.05) is 54.6 Å². The van der Waals surface area contributed by atoms with E-state index in [1.807, 2.05) is 30.3 Å². The summed E-state index contributed by atoms with van der Waals surface area (Å²) in [6.45, 7) is 1.72. The first kappa shape index (κ1) is 19.1. The fourth-order valence-electron chi connectivity index (χ4n) is 4.01. The lowest BCUT2D eigenvalue weighted by molar-refractivity contribution is -0.143. The molecule has 1 N–H and O–H groups in total. The molecule has 1 aliphatic carbocycles. The van der Waals surface area contributed by atoms with Crippen LogP contribution in [-0.4, -0.2) is 21.0 Å². The summed E-state index contributed by atoms with van der Waals surface area (Å²) in [5, 5.41) is 9.79. The van der Waals surface area contributed by atoms with Crippen LogP contribution in [0.1, 0.15) is 35.6 Å². The molecule has 148 valence electrons. The number of carboxylic acid groups (broad SMARTS) is 1. The van der Waals surface area contributed by atoms with E-state index >= 15 is 0 Å². The molecule has 0 amide bonds. The quantitative estimate of drug-likeness (QED) is 0.661. The van der Waals surface area contributed by atoms with E-state index in [0.717, 1.165) is 23.4 Å². The summed E-state index contributed by atoms with van der Waals surface area (Å²) in [4.78, 5) is 19.5. The lowest BCUT2D eigenvalue weighted by Crippen LogP contribution is -2.14. The number of hydrogen-bond donors (Lipinski definition) is 1. The second kappa shape index (κ2) is 6.69. The Labute approximate surface area is 165 Å². The van der Waals surface area contributed by atoms with Crippen molar-refractivity contribution in [2.45, 2.75) is 24.9 Å². The summed E-state index contributed by atoms with van der Waals surface area (Å²) >= 11 is 0. The summed E-state index contributed by atoms with van der Waals surface area (Å²) in [6, 6.07) is 17.0. The fraction of sp³-hybridized carbons (Fsp3) is 0.227. The van der Waals surface area contributed by atoms with Gasteiger partial charge in [-0.25, -0.2) is 9.97 Å². The first-order valence-electron chi connectivity index (χ1n) is 9.02. The third kappa shape index (κ3) is 3.26. The van der Waals surface area contributed by atoms with E-state index in [1.54, 1.807) is 31.2 Å². The Morgan fingerprint density at radius 2 is 1.55 bits per heavy atom. The zero-order valence-corrected chi connectivity index (χ0v) is 15.4. The first-order chi connectivity index (χ1) is 13.7. The zero-order chi connectivity index (χ0) is 20.8. The molecule has 29 heavy (non-hydrogen) atoms. The number of aliphatic carboxylic acids is 1. The Kier molecular flexibility index (Phi) is 4.41. The van der Waals surface area contributed by atoms with Crippen molar-refractivity contribution in [1.29, 1.82) is 0 Å². The summed E-state index contributed by atoms with van der Waals surface area (Å²) < 4.78 is 38.6. The van der Waals surface area contributed by atoms with Crippen LogP contribution in [0.2, 0.25) is 0 Å². The second-order valence-electron chi connectivity index (χ2n) is 7.34. The maximum Gasteiger partial charge on any atom is 0.433 e. The normalized spacial score (nSPS) is 23.6. The molecule has 1 fully saturated rings. The molecule has 1 aliphatic rings.